The smallest absolute Gasteiger partial charge is 0.492 e. The molecule has 0 radical (unpaired) electrons. The van der Waals surface area contributed by atoms with Gasteiger partial charge in [-0.15, -0.1) is 13.2 Å². The molecule has 0 fully saturated rings. The van der Waals surface area contributed by atoms with Gasteiger partial charge in [0, 0.05) is 13.1 Å². The third kappa shape index (κ3) is 7.59. The number of para-hydroxylation sites is 1. The predicted molar refractivity (Wildman–Crippen MR) is 56.8 cm³/mol. The number of ether oxygens (including phenoxy) is 2. The summed E-state index contributed by atoms with van der Waals surface area (Å²) in [7, 11) is 0. The maximum Gasteiger partial charge on any atom is 0.522 e. The fourth-order valence-corrected chi connectivity index (χ4v) is 1.12. The molecule has 0 bridgehead atoms. The first-order valence-corrected chi connectivity index (χ1v) is 5.17. The normalized spacial score (nSPS) is 11.5. The van der Waals surface area contributed by atoms with Crippen LogP contribution in [0, 0.1) is 0 Å². The van der Waals surface area contributed by atoms with Crippen molar-refractivity contribution in [3.63, 3.8) is 0 Å². The molecule has 1 rings (SSSR count). The highest BCUT2D eigenvalue weighted by Gasteiger charge is 2.28. The zero-order chi connectivity index (χ0) is 12.6. The van der Waals surface area contributed by atoms with Gasteiger partial charge in [-0.05, 0) is 12.1 Å². The summed E-state index contributed by atoms with van der Waals surface area (Å²) < 4.78 is 43.7. The van der Waals surface area contributed by atoms with Crippen LogP contribution < -0.4 is 10.1 Å². The molecule has 0 heterocycles. The Morgan fingerprint density at radius 1 is 1.00 bits per heavy atom. The molecule has 0 amide bonds. The van der Waals surface area contributed by atoms with Gasteiger partial charge < -0.3 is 10.1 Å². The summed E-state index contributed by atoms with van der Waals surface area (Å²) >= 11 is 0. The van der Waals surface area contributed by atoms with E-state index in [1.54, 1.807) is 0 Å². The summed E-state index contributed by atoms with van der Waals surface area (Å²) in [6, 6.07) is 9.19. The van der Waals surface area contributed by atoms with E-state index in [0.29, 0.717) is 13.2 Å². The summed E-state index contributed by atoms with van der Waals surface area (Å²) in [5, 5.41) is 2.78. The molecule has 0 aromatic heterocycles. The van der Waals surface area contributed by atoms with E-state index in [-0.39, 0.29) is 6.54 Å². The molecule has 6 heteroatoms. The molecule has 96 valence electrons. The number of hydrogen-bond donors (Lipinski definition) is 1. The van der Waals surface area contributed by atoms with E-state index in [1.165, 1.54) is 0 Å². The van der Waals surface area contributed by atoms with Gasteiger partial charge in [0.15, 0.2) is 0 Å². The van der Waals surface area contributed by atoms with Crippen molar-refractivity contribution < 1.29 is 22.6 Å². The van der Waals surface area contributed by atoms with Crippen LogP contribution in [0.25, 0.3) is 0 Å². The lowest BCUT2D eigenvalue weighted by atomic mass is 10.3. The monoisotopic (exact) mass is 249 g/mol. The molecule has 1 N–H and O–H groups in total. The number of rotatable bonds is 7. The van der Waals surface area contributed by atoms with Crippen LogP contribution in [-0.4, -0.2) is 32.7 Å². The van der Waals surface area contributed by atoms with Gasteiger partial charge in [0.25, 0.3) is 0 Å². The van der Waals surface area contributed by atoms with E-state index in [0.717, 1.165) is 5.75 Å². The van der Waals surface area contributed by atoms with Gasteiger partial charge in [0.05, 0.1) is 6.61 Å². The average Bonchev–Trinajstić information content (AvgIpc) is 2.28. The Morgan fingerprint density at radius 3 is 2.29 bits per heavy atom. The Morgan fingerprint density at radius 2 is 1.65 bits per heavy atom. The topological polar surface area (TPSA) is 30.5 Å². The second kappa shape index (κ2) is 7.13. The summed E-state index contributed by atoms with van der Waals surface area (Å²) in [5.74, 6) is 0.737. The quantitative estimate of drug-likeness (QED) is 0.751. The molecule has 1 aromatic rings. The summed E-state index contributed by atoms with van der Waals surface area (Å²) in [4.78, 5) is 0. The highest BCUT2D eigenvalue weighted by molar-refractivity contribution is 5.20. The largest absolute Gasteiger partial charge is 0.522 e. The maximum absolute atomic E-state index is 11.6. The van der Waals surface area contributed by atoms with Gasteiger partial charge in [-0.25, -0.2) is 0 Å². The Hall–Kier alpha value is -1.27. The molecule has 1 aromatic carbocycles. The molecule has 17 heavy (non-hydrogen) atoms. The van der Waals surface area contributed by atoms with Crippen LogP contribution in [0.4, 0.5) is 13.2 Å². The van der Waals surface area contributed by atoms with Crippen LogP contribution in [-0.2, 0) is 4.74 Å². The van der Waals surface area contributed by atoms with Crippen molar-refractivity contribution in [2.24, 2.45) is 0 Å². The minimum absolute atomic E-state index is 0.137. The molecule has 0 spiro atoms. The van der Waals surface area contributed by atoms with E-state index in [2.05, 4.69) is 10.1 Å². The predicted octanol–water partition coefficient (Wildman–Crippen LogP) is 2.19. The van der Waals surface area contributed by atoms with Crippen molar-refractivity contribution in [1.29, 1.82) is 0 Å². The third-order valence-electron chi connectivity index (χ3n) is 1.84. The standard InChI is InChI=1S/C11H14F3NO2/c12-11(13,14)17-9-7-15-6-8-16-10-4-2-1-3-5-10/h1-5,15H,6-9H2. The SMILES string of the molecule is FC(F)(F)OCCNCCOc1ccccc1. The Balaban J connectivity index is 1.95. The highest BCUT2D eigenvalue weighted by Crippen LogP contribution is 2.15. The van der Waals surface area contributed by atoms with Crippen molar-refractivity contribution in [2.75, 3.05) is 26.3 Å². The second-order valence-corrected chi connectivity index (χ2v) is 3.21. The van der Waals surface area contributed by atoms with Crippen LogP contribution in [0.5, 0.6) is 5.75 Å². The summed E-state index contributed by atoms with van der Waals surface area (Å²) in [6.45, 7) is 0.610. The van der Waals surface area contributed by atoms with Crippen LogP contribution in [0.15, 0.2) is 30.3 Å². The molecule has 0 aliphatic rings. The van der Waals surface area contributed by atoms with E-state index in [9.17, 15) is 13.2 Å². The summed E-state index contributed by atoms with van der Waals surface area (Å²) in [5.41, 5.74) is 0. The van der Waals surface area contributed by atoms with Gasteiger partial charge in [-0.2, -0.15) is 0 Å². The number of alkyl halides is 3. The fraction of sp³-hybridized carbons (Fsp3) is 0.455. The number of benzene rings is 1. The maximum atomic E-state index is 11.6. The van der Waals surface area contributed by atoms with E-state index < -0.39 is 13.0 Å². The van der Waals surface area contributed by atoms with E-state index >= 15 is 0 Å². The molecule has 0 saturated carbocycles. The molecule has 0 aliphatic heterocycles. The van der Waals surface area contributed by atoms with Crippen molar-refractivity contribution in [3.8, 4) is 5.75 Å². The first kappa shape index (κ1) is 13.8. The zero-order valence-electron chi connectivity index (χ0n) is 9.17. The molecule has 3 nitrogen and oxygen atoms in total. The number of halogens is 3. The van der Waals surface area contributed by atoms with Crippen LogP contribution in [0.3, 0.4) is 0 Å². The minimum Gasteiger partial charge on any atom is -0.492 e. The van der Waals surface area contributed by atoms with Crippen LogP contribution >= 0.6 is 0 Å². The molecule has 0 saturated heterocycles. The second-order valence-electron chi connectivity index (χ2n) is 3.21. The Bertz CT molecular complexity index is 303. The third-order valence-corrected chi connectivity index (χ3v) is 1.84. The van der Waals surface area contributed by atoms with Crippen molar-refractivity contribution in [2.45, 2.75) is 6.36 Å². The lowest BCUT2D eigenvalue weighted by Crippen LogP contribution is -2.27. The first-order chi connectivity index (χ1) is 8.08. The zero-order valence-corrected chi connectivity index (χ0v) is 9.17. The van der Waals surface area contributed by atoms with Gasteiger partial charge in [0.2, 0.25) is 0 Å². The van der Waals surface area contributed by atoms with Crippen LogP contribution in [0.1, 0.15) is 0 Å². The molecular weight excluding hydrogens is 235 g/mol. The van der Waals surface area contributed by atoms with E-state index in [4.69, 9.17) is 4.74 Å². The molecular formula is C11H14F3NO2. The molecule has 0 atom stereocenters. The average molecular weight is 249 g/mol. The molecule has 0 aliphatic carbocycles. The first-order valence-electron chi connectivity index (χ1n) is 5.17. The van der Waals surface area contributed by atoms with Gasteiger partial charge in [-0.1, -0.05) is 18.2 Å². The Kier molecular flexibility index (Phi) is 5.79. The minimum atomic E-state index is -4.55. The van der Waals surface area contributed by atoms with Gasteiger partial charge in [0.1, 0.15) is 12.4 Å². The van der Waals surface area contributed by atoms with Crippen molar-refractivity contribution in [3.05, 3.63) is 30.3 Å². The lowest BCUT2D eigenvalue weighted by molar-refractivity contribution is -0.323. The van der Waals surface area contributed by atoms with Gasteiger partial charge >= 0.3 is 6.36 Å². The van der Waals surface area contributed by atoms with Crippen molar-refractivity contribution >= 4 is 0 Å². The molecule has 0 unspecified atom stereocenters. The van der Waals surface area contributed by atoms with Crippen LogP contribution in [0.2, 0.25) is 0 Å². The lowest BCUT2D eigenvalue weighted by Gasteiger charge is -2.09. The summed E-state index contributed by atoms with van der Waals surface area (Å²) in [6.07, 6.45) is -4.55. The Labute approximate surface area is 97.5 Å². The number of nitrogens with one attached hydrogen (secondary N) is 1. The highest BCUT2D eigenvalue weighted by atomic mass is 19.4. The number of hydrogen-bond acceptors (Lipinski definition) is 3. The van der Waals surface area contributed by atoms with E-state index in [1.807, 2.05) is 30.3 Å². The van der Waals surface area contributed by atoms with Crippen molar-refractivity contribution in [1.82, 2.24) is 5.32 Å². The fourth-order valence-electron chi connectivity index (χ4n) is 1.12. The van der Waals surface area contributed by atoms with Gasteiger partial charge in [-0.3, -0.25) is 4.74 Å².